The van der Waals surface area contributed by atoms with Gasteiger partial charge in [0.2, 0.25) is 0 Å². The Morgan fingerprint density at radius 1 is 1.40 bits per heavy atom. The summed E-state index contributed by atoms with van der Waals surface area (Å²) in [5.74, 6) is 2.34. The van der Waals surface area contributed by atoms with Crippen molar-refractivity contribution in [2.24, 2.45) is 5.92 Å². The first-order chi connectivity index (χ1) is 9.83. The molecule has 0 amide bonds. The van der Waals surface area contributed by atoms with E-state index in [9.17, 15) is 0 Å². The largest absolute Gasteiger partial charge is 0.497 e. The van der Waals surface area contributed by atoms with Crippen LogP contribution in [0.4, 0.5) is 0 Å². The second-order valence-electron chi connectivity index (χ2n) is 5.19. The van der Waals surface area contributed by atoms with Gasteiger partial charge < -0.3 is 19.5 Å². The second kappa shape index (κ2) is 8.12. The summed E-state index contributed by atoms with van der Waals surface area (Å²) in [6, 6.07) is 5.99. The van der Waals surface area contributed by atoms with E-state index in [0.29, 0.717) is 5.92 Å². The van der Waals surface area contributed by atoms with Crippen LogP contribution in [0.5, 0.6) is 11.5 Å². The summed E-state index contributed by atoms with van der Waals surface area (Å²) in [7, 11) is 1.69. The van der Waals surface area contributed by atoms with E-state index in [1.54, 1.807) is 7.11 Å². The molecule has 0 radical (unpaired) electrons. The molecule has 0 aliphatic carbocycles. The average molecular weight is 279 g/mol. The van der Waals surface area contributed by atoms with E-state index >= 15 is 0 Å². The molecule has 0 aromatic heterocycles. The zero-order valence-electron chi connectivity index (χ0n) is 12.5. The maximum absolute atomic E-state index is 5.98. The highest BCUT2D eigenvalue weighted by Crippen LogP contribution is 2.25. The number of hydrogen-bond acceptors (Lipinski definition) is 4. The molecule has 1 saturated heterocycles. The van der Waals surface area contributed by atoms with E-state index in [-0.39, 0.29) is 0 Å². The fourth-order valence-corrected chi connectivity index (χ4v) is 2.28. The second-order valence-corrected chi connectivity index (χ2v) is 5.19. The summed E-state index contributed by atoms with van der Waals surface area (Å²) < 4.78 is 16.6. The van der Waals surface area contributed by atoms with E-state index in [2.05, 4.69) is 12.2 Å². The smallest absolute Gasteiger partial charge is 0.124 e. The molecule has 1 aliphatic rings. The maximum Gasteiger partial charge on any atom is 0.124 e. The number of rotatable bonds is 8. The van der Waals surface area contributed by atoms with Gasteiger partial charge in [-0.3, -0.25) is 0 Å². The zero-order valence-corrected chi connectivity index (χ0v) is 12.5. The van der Waals surface area contributed by atoms with Crippen LogP contribution in [0.3, 0.4) is 0 Å². The molecule has 0 bridgehead atoms. The Balaban J connectivity index is 1.96. The lowest BCUT2D eigenvalue weighted by atomic mass is 10.1. The molecule has 4 nitrogen and oxygen atoms in total. The van der Waals surface area contributed by atoms with E-state index in [1.165, 1.54) is 0 Å². The SMILES string of the molecule is CCCNCc1cc(OC)ccc1OCC1CCOC1. The first kappa shape index (κ1) is 15.1. The molecule has 1 aromatic carbocycles. The molecular weight excluding hydrogens is 254 g/mol. The molecule has 112 valence electrons. The van der Waals surface area contributed by atoms with E-state index in [0.717, 1.165) is 62.8 Å². The van der Waals surface area contributed by atoms with Gasteiger partial charge in [0.05, 0.1) is 20.3 Å². The molecule has 20 heavy (non-hydrogen) atoms. The lowest BCUT2D eigenvalue weighted by Gasteiger charge is -2.15. The lowest BCUT2D eigenvalue weighted by Crippen LogP contribution is -2.16. The first-order valence-electron chi connectivity index (χ1n) is 7.41. The van der Waals surface area contributed by atoms with Gasteiger partial charge >= 0.3 is 0 Å². The average Bonchev–Trinajstić information content (AvgIpc) is 2.99. The molecule has 1 atom stereocenters. The van der Waals surface area contributed by atoms with Crippen LogP contribution in [-0.2, 0) is 11.3 Å². The quantitative estimate of drug-likeness (QED) is 0.743. The van der Waals surface area contributed by atoms with Gasteiger partial charge in [-0.05, 0) is 37.6 Å². The molecule has 1 aromatic rings. The van der Waals surface area contributed by atoms with Crippen LogP contribution in [0.1, 0.15) is 25.3 Å². The molecule has 2 rings (SSSR count). The van der Waals surface area contributed by atoms with Gasteiger partial charge in [-0.1, -0.05) is 6.92 Å². The fourth-order valence-electron chi connectivity index (χ4n) is 2.28. The third-order valence-electron chi connectivity index (χ3n) is 3.51. The minimum Gasteiger partial charge on any atom is -0.497 e. The highest BCUT2D eigenvalue weighted by atomic mass is 16.5. The maximum atomic E-state index is 5.98. The van der Waals surface area contributed by atoms with Gasteiger partial charge in [-0.15, -0.1) is 0 Å². The van der Waals surface area contributed by atoms with Crippen LogP contribution in [0.15, 0.2) is 18.2 Å². The van der Waals surface area contributed by atoms with Crippen molar-refractivity contribution in [2.45, 2.75) is 26.3 Å². The Hall–Kier alpha value is -1.26. The van der Waals surface area contributed by atoms with Gasteiger partial charge in [0.1, 0.15) is 11.5 Å². The molecule has 4 heteroatoms. The number of hydrogen-bond donors (Lipinski definition) is 1. The van der Waals surface area contributed by atoms with Gasteiger partial charge in [0, 0.05) is 24.6 Å². The molecule has 1 N–H and O–H groups in total. The highest BCUT2D eigenvalue weighted by Gasteiger charge is 2.17. The monoisotopic (exact) mass is 279 g/mol. The highest BCUT2D eigenvalue weighted by molar-refractivity contribution is 5.40. The minimum absolute atomic E-state index is 0.522. The third-order valence-corrected chi connectivity index (χ3v) is 3.51. The summed E-state index contributed by atoms with van der Waals surface area (Å²) in [6.45, 7) is 6.39. The summed E-state index contributed by atoms with van der Waals surface area (Å²) in [5, 5.41) is 3.41. The van der Waals surface area contributed by atoms with Crippen molar-refractivity contribution in [2.75, 3.05) is 33.5 Å². The van der Waals surface area contributed by atoms with Crippen LogP contribution in [0.25, 0.3) is 0 Å². The van der Waals surface area contributed by atoms with Crippen molar-refractivity contribution in [3.63, 3.8) is 0 Å². The summed E-state index contributed by atoms with van der Waals surface area (Å²) >= 11 is 0. The molecule has 0 spiro atoms. The van der Waals surface area contributed by atoms with Crippen LogP contribution >= 0.6 is 0 Å². The van der Waals surface area contributed by atoms with E-state index < -0.39 is 0 Å². The number of ether oxygens (including phenoxy) is 3. The van der Waals surface area contributed by atoms with Crippen LogP contribution < -0.4 is 14.8 Å². The Labute approximate surface area is 121 Å². The summed E-state index contributed by atoms with van der Waals surface area (Å²) in [4.78, 5) is 0. The van der Waals surface area contributed by atoms with Crippen molar-refractivity contribution >= 4 is 0 Å². The third kappa shape index (κ3) is 4.39. The van der Waals surface area contributed by atoms with Crippen molar-refractivity contribution < 1.29 is 14.2 Å². The normalized spacial score (nSPS) is 18.2. The number of methoxy groups -OCH3 is 1. The Bertz CT molecular complexity index is 403. The number of benzene rings is 1. The molecule has 1 heterocycles. The van der Waals surface area contributed by atoms with Crippen LogP contribution in [0.2, 0.25) is 0 Å². The summed E-state index contributed by atoms with van der Waals surface area (Å²) in [6.07, 6.45) is 2.22. The zero-order chi connectivity index (χ0) is 14.2. The Morgan fingerprint density at radius 3 is 3.00 bits per heavy atom. The van der Waals surface area contributed by atoms with E-state index in [1.807, 2.05) is 18.2 Å². The molecular formula is C16H25NO3. The van der Waals surface area contributed by atoms with Crippen molar-refractivity contribution in [1.29, 1.82) is 0 Å². The van der Waals surface area contributed by atoms with Gasteiger partial charge in [0.25, 0.3) is 0 Å². The van der Waals surface area contributed by atoms with Crippen molar-refractivity contribution in [3.05, 3.63) is 23.8 Å². The molecule has 1 aliphatic heterocycles. The van der Waals surface area contributed by atoms with Gasteiger partial charge in [-0.25, -0.2) is 0 Å². The minimum atomic E-state index is 0.522. The van der Waals surface area contributed by atoms with Crippen molar-refractivity contribution in [1.82, 2.24) is 5.32 Å². The van der Waals surface area contributed by atoms with Gasteiger partial charge in [0.15, 0.2) is 0 Å². The van der Waals surface area contributed by atoms with Crippen LogP contribution in [0, 0.1) is 5.92 Å². The predicted octanol–water partition coefficient (Wildman–Crippen LogP) is 2.61. The lowest BCUT2D eigenvalue weighted by molar-refractivity contribution is 0.166. The Kier molecular flexibility index (Phi) is 6.15. The standard InChI is InChI=1S/C16H25NO3/c1-3-7-17-10-14-9-15(18-2)4-5-16(14)20-12-13-6-8-19-11-13/h4-5,9,13,17H,3,6-8,10-12H2,1-2H3. The number of nitrogens with one attached hydrogen (secondary N) is 1. The van der Waals surface area contributed by atoms with E-state index in [4.69, 9.17) is 14.2 Å². The van der Waals surface area contributed by atoms with Gasteiger partial charge in [-0.2, -0.15) is 0 Å². The molecule has 0 saturated carbocycles. The fraction of sp³-hybridized carbons (Fsp3) is 0.625. The summed E-state index contributed by atoms with van der Waals surface area (Å²) in [5.41, 5.74) is 1.15. The predicted molar refractivity (Wildman–Crippen MR) is 79.4 cm³/mol. The van der Waals surface area contributed by atoms with Crippen LogP contribution in [-0.4, -0.2) is 33.5 Å². The Morgan fingerprint density at radius 2 is 2.30 bits per heavy atom. The topological polar surface area (TPSA) is 39.7 Å². The first-order valence-corrected chi connectivity index (χ1v) is 7.41. The molecule has 1 unspecified atom stereocenters. The molecule has 1 fully saturated rings. The van der Waals surface area contributed by atoms with Crippen molar-refractivity contribution in [3.8, 4) is 11.5 Å².